The topological polar surface area (TPSA) is 49.3 Å². The lowest BCUT2D eigenvalue weighted by Gasteiger charge is -2.27. The number of nitrogens with one attached hydrogen (secondary N) is 1. The Hall–Kier alpha value is -1.56. The molecule has 0 saturated heterocycles. The van der Waals surface area contributed by atoms with E-state index in [1.165, 1.54) is 12.1 Å². The van der Waals surface area contributed by atoms with E-state index in [1.54, 1.807) is 6.07 Å². The standard InChI is InChI=1S/C16H20F3NO2/c17-16(18,19)14-4-2-1-3-11(14)9-10-20-13-7-5-12(6-8-13)15(21)22/h1-4,12-13,20H,5-10H2,(H,21,22). The van der Waals surface area contributed by atoms with Crippen molar-refractivity contribution in [2.24, 2.45) is 5.92 Å². The molecule has 0 aromatic heterocycles. The highest BCUT2D eigenvalue weighted by molar-refractivity contribution is 5.70. The third kappa shape index (κ3) is 4.47. The molecular weight excluding hydrogens is 295 g/mol. The van der Waals surface area contributed by atoms with Crippen LogP contribution in [-0.4, -0.2) is 23.7 Å². The van der Waals surface area contributed by atoms with Gasteiger partial charge in [-0.15, -0.1) is 0 Å². The quantitative estimate of drug-likeness (QED) is 0.874. The zero-order valence-corrected chi connectivity index (χ0v) is 12.2. The molecule has 6 heteroatoms. The van der Waals surface area contributed by atoms with Gasteiger partial charge < -0.3 is 10.4 Å². The zero-order valence-electron chi connectivity index (χ0n) is 12.2. The Morgan fingerprint density at radius 1 is 1.18 bits per heavy atom. The maximum Gasteiger partial charge on any atom is 0.416 e. The van der Waals surface area contributed by atoms with E-state index in [4.69, 9.17) is 5.11 Å². The predicted molar refractivity (Wildman–Crippen MR) is 76.5 cm³/mol. The van der Waals surface area contributed by atoms with Gasteiger partial charge in [0.15, 0.2) is 0 Å². The van der Waals surface area contributed by atoms with E-state index >= 15 is 0 Å². The number of benzene rings is 1. The second kappa shape index (κ2) is 7.13. The lowest BCUT2D eigenvalue weighted by Crippen LogP contribution is -2.36. The van der Waals surface area contributed by atoms with Crippen LogP contribution in [0.3, 0.4) is 0 Å². The summed E-state index contributed by atoms with van der Waals surface area (Å²) in [7, 11) is 0. The van der Waals surface area contributed by atoms with Gasteiger partial charge in [0.2, 0.25) is 0 Å². The Balaban J connectivity index is 1.82. The fourth-order valence-corrected chi connectivity index (χ4v) is 2.97. The molecule has 1 saturated carbocycles. The number of hydrogen-bond acceptors (Lipinski definition) is 2. The average molecular weight is 315 g/mol. The summed E-state index contributed by atoms with van der Waals surface area (Å²) < 4.78 is 38.6. The van der Waals surface area contributed by atoms with Crippen LogP contribution in [0.15, 0.2) is 24.3 Å². The predicted octanol–water partition coefficient (Wildman–Crippen LogP) is 3.48. The molecule has 2 rings (SSSR count). The van der Waals surface area contributed by atoms with Crippen molar-refractivity contribution in [1.29, 1.82) is 0 Å². The molecule has 0 amide bonds. The molecule has 1 aliphatic carbocycles. The number of carboxylic acids is 1. The van der Waals surface area contributed by atoms with Gasteiger partial charge in [-0.25, -0.2) is 0 Å². The van der Waals surface area contributed by atoms with Crippen LogP contribution in [0.5, 0.6) is 0 Å². The van der Waals surface area contributed by atoms with Gasteiger partial charge in [0.1, 0.15) is 0 Å². The van der Waals surface area contributed by atoms with Crippen molar-refractivity contribution in [3.63, 3.8) is 0 Å². The summed E-state index contributed by atoms with van der Waals surface area (Å²) in [5.41, 5.74) is -0.284. The first-order valence-corrected chi connectivity index (χ1v) is 7.49. The van der Waals surface area contributed by atoms with Crippen molar-refractivity contribution in [2.75, 3.05) is 6.54 Å². The summed E-state index contributed by atoms with van der Waals surface area (Å²) in [6, 6.07) is 5.82. The highest BCUT2D eigenvalue weighted by atomic mass is 19.4. The smallest absolute Gasteiger partial charge is 0.416 e. The van der Waals surface area contributed by atoms with Crippen LogP contribution in [0.25, 0.3) is 0 Å². The van der Waals surface area contributed by atoms with E-state index in [9.17, 15) is 18.0 Å². The van der Waals surface area contributed by atoms with Crippen LogP contribution in [0, 0.1) is 5.92 Å². The highest BCUT2D eigenvalue weighted by Crippen LogP contribution is 2.32. The van der Waals surface area contributed by atoms with Crippen LogP contribution in [0.4, 0.5) is 13.2 Å². The Bertz CT molecular complexity index is 508. The largest absolute Gasteiger partial charge is 0.481 e. The van der Waals surface area contributed by atoms with Crippen LogP contribution >= 0.6 is 0 Å². The number of halogens is 3. The summed E-state index contributed by atoms with van der Waals surface area (Å²) in [6.45, 7) is 0.468. The van der Waals surface area contributed by atoms with Crippen molar-refractivity contribution >= 4 is 5.97 Å². The van der Waals surface area contributed by atoms with Crippen molar-refractivity contribution in [3.8, 4) is 0 Å². The van der Waals surface area contributed by atoms with Crippen LogP contribution < -0.4 is 5.32 Å². The second-order valence-corrected chi connectivity index (χ2v) is 5.75. The summed E-state index contributed by atoms with van der Waals surface area (Å²) >= 11 is 0. The molecule has 0 heterocycles. The van der Waals surface area contributed by atoms with Crippen molar-refractivity contribution in [1.82, 2.24) is 5.32 Å². The third-order valence-electron chi connectivity index (χ3n) is 4.23. The van der Waals surface area contributed by atoms with E-state index in [1.807, 2.05) is 0 Å². The van der Waals surface area contributed by atoms with Gasteiger partial charge in [-0.3, -0.25) is 4.79 Å². The number of carboxylic acid groups (broad SMARTS) is 1. The number of carbonyl (C=O) groups is 1. The van der Waals surface area contributed by atoms with E-state index < -0.39 is 17.7 Å². The lowest BCUT2D eigenvalue weighted by atomic mass is 9.86. The Morgan fingerprint density at radius 3 is 2.41 bits per heavy atom. The Morgan fingerprint density at radius 2 is 1.82 bits per heavy atom. The number of aliphatic carboxylic acids is 1. The fourth-order valence-electron chi connectivity index (χ4n) is 2.97. The summed E-state index contributed by atoms with van der Waals surface area (Å²) in [5, 5.41) is 12.2. The van der Waals surface area contributed by atoms with Crippen LogP contribution in [-0.2, 0) is 17.4 Å². The van der Waals surface area contributed by atoms with Gasteiger partial charge in [0.05, 0.1) is 11.5 Å². The molecule has 22 heavy (non-hydrogen) atoms. The molecule has 1 aliphatic rings. The number of rotatable bonds is 5. The van der Waals surface area contributed by atoms with Crippen LogP contribution in [0.2, 0.25) is 0 Å². The van der Waals surface area contributed by atoms with E-state index in [0.717, 1.165) is 18.9 Å². The molecule has 0 aliphatic heterocycles. The molecule has 122 valence electrons. The number of hydrogen-bond donors (Lipinski definition) is 2. The molecule has 2 N–H and O–H groups in total. The molecular formula is C16H20F3NO2. The molecule has 0 radical (unpaired) electrons. The summed E-state index contributed by atoms with van der Waals surface area (Å²) in [4.78, 5) is 10.9. The van der Waals surface area contributed by atoms with E-state index in [2.05, 4.69) is 5.32 Å². The van der Waals surface area contributed by atoms with Gasteiger partial charge in [-0.1, -0.05) is 18.2 Å². The Labute approximate surface area is 127 Å². The minimum atomic E-state index is -4.32. The summed E-state index contributed by atoms with van der Waals surface area (Å²) in [6.07, 6.45) is -1.22. The number of alkyl halides is 3. The van der Waals surface area contributed by atoms with Gasteiger partial charge in [0.25, 0.3) is 0 Å². The minimum absolute atomic E-state index is 0.202. The zero-order chi connectivity index (χ0) is 16.2. The van der Waals surface area contributed by atoms with Gasteiger partial charge >= 0.3 is 12.1 Å². The average Bonchev–Trinajstić information content (AvgIpc) is 2.47. The van der Waals surface area contributed by atoms with Crippen molar-refractivity contribution in [2.45, 2.75) is 44.3 Å². The van der Waals surface area contributed by atoms with E-state index in [-0.39, 0.29) is 12.0 Å². The van der Waals surface area contributed by atoms with Gasteiger partial charge in [-0.05, 0) is 50.3 Å². The maximum atomic E-state index is 12.9. The van der Waals surface area contributed by atoms with Crippen molar-refractivity contribution < 1.29 is 23.1 Å². The molecule has 1 fully saturated rings. The van der Waals surface area contributed by atoms with Gasteiger partial charge in [-0.2, -0.15) is 13.2 Å². The highest BCUT2D eigenvalue weighted by Gasteiger charge is 2.32. The molecule has 1 aromatic carbocycles. The Kier molecular flexibility index (Phi) is 5.45. The molecule has 0 atom stereocenters. The molecule has 1 aromatic rings. The SMILES string of the molecule is O=C(O)C1CCC(NCCc2ccccc2C(F)(F)F)CC1. The first-order chi connectivity index (χ1) is 10.4. The second-order valence-electron chi connectivity index (χ2n) is 5.75. The lowest BCUT2D eigenvalue weighted by molar-refractivity contribution is -0.143. The fraction of sp³-hybridized carbons (Fsp3) is 0.562. The first-order valence-electron chi connectivity index (χ1n) is 7.49. The molecule has 3 nitrogen and oxygen atoms in total. The summed E-state index contributed by atoms with van der Waals surface area (Å²) in [5.74, 6) is -1.03. The van der Waals surface area contributed by atoms with Crippen molar-refractivity contribution in [3.05, 3.63) is 35.4 Å². The normalized spacial score (nSPS) is 22.5. The van der Waals surface area contributed by atoms with Crippen LogP contribution in [0.1, 0.15) is 36.8 Å². The third-order valence-corrected chi connectivity index (χ3v) is 4.23. The molecule has 0 bridgehead atoms. The maximum absolute atomic E-state index is 12.9. The van der Waals surface area contributed by atoms with E-state index in [0.29, 0.717) is 31.4 Å². The monoisotopic (exact) mass is 315 g/mol. The molecule has 0 spiro atoms. The first kappa shape index (κ1) is 16.8. The molecule has 0 unspecified atom stereocenters. The minimum Gasteiger partial charge on any atom is -0.481 e. The van der Waals surface area contributed by atoms with Gasteiger partial charge in [0, 0.05) is 6.04 Å².